The third kappa shape index (κ3) is 2.03. The monoisotopic (exact) mass is 274 g/mol. The minimum Gasteiger partial charge on any atom is -0.375 e. The Morgan fingerprint density at radius 1 is 1.24 bits per heavy atom. The van der Waals surface area contributed by atoms with Crippen LogP contribution in [-0.4, -0.2) is 41.3 Å². The summed E-state index contributed by atoms with van der Waals surface area (Å²) in [6.07, 6.45) is 0. The van der Waals surface area contributed by atoms with Crippen molar-refractivity contribution in [2.45, 2.75) is 0 Å². The van der Waals surface area contributed by atoms with Gasteiger partial charge in [0, 0.05) is 0 Å². The van der Waals surface area contributed by atoms with Gasteiger partial charge in [0.2, 0.25) is 5.28 Å². The first-order valence-corrected chi connectivity index (χ1v) is 5.96. The van der Waals surface area contributed by atoms with Crippen LogP contribution in [0.2, 0.25) is 10.6 Å². The highest BCUT2D eigenvalue weighted by Gasteiger charge is 2.24. The summed E-state index contributed by atoms with van der Waals surface area (Å²) in [5.74, 6) is 0.850. The Balaban J connectivity index is 2.12. The molecule has 6 nitrogen and oxygen atoms in total. The van der Waals surface area contributed by atoms with Crippen molar-refractivity contribution in [3.05, 3.63) is 10.6 Å². The quantitative estimate of drug-likeness (QED) is 0.620. The van der Waals surface area contributed by atoms with Gasteiger partial charge in [0.25, 0.3) is 11.5 Å². The molecule has 1 saturated heterocycles. The topological polar surface area (TPSA) is 68.2 Å². The van der Waals surface area contributed by atoms with Gasteiger partial charge in [-0.3, -0.25) is 4.90 Å². The van der Waals surface area contributed by atoms with Crippen LogP contribution in [0.1, 0.15) is 0 Å². The van der Waals surface area contributed by atoms with Gasteiger partial charge in [-0.1, -0.05) is 4.98 Å². The predicted octanol–water partition coefficient (Wildman–Crippen LogP) is 0.915. The summed E-state index contributed by atoms with van der Waals surface area (Å²) < 4.78 is 5.31. The van der Waals surface area contributed by atoms with E-state index in [1.165, 1.54) is 0 Å². The number of fused-ring (bicyclic) bond motifs is 1. The van der Waals surface area contributed by atoms with Crippen molar-refractivity contribution in [2.75, 3.05) is 31.2 Å². The van der Waals surface area contributed by atoms with E-state index < -0.39 is 0 Å². The maximum atomic E-state index is 5.93. The molecule has 2 aromatic heterocycles. The van der Waals surface area contributed by atoms with E-state index in [1.807, 2.05) is 0 Å². The second-order valence-corrected chi connectivity index (χ2v) is 4.42. The van der Waals surface area contributed by atoms with Gasteiger partial charge in [0.05, 0.1) is 26.3 Å². The van der Waals surface area contributed by atoms with Gasteiger partial charge < -0.3 is 9.72 Å². The van der Waals surface area contributed by atoms with Crippen LogP contribution < -0.4 is 9.88 Å². The Morgan fingerprint density at radius 2 is 2.00 bits per heavy atom. The number of imidazole rings is 1. The zero-order valence-electron chi connectivity index (χ0n) is 8.83. The van der Waals surface area contributed by atoms with Crippen molar-refractivity contribution in [3.8, 4) is 0 Å². The third-order valence-electron chi connectivity index (χ3n) is 2.65. The number of aromatic nitrogens is 4. The molecule has 3 rings (SSSR count). The predicted molar refractivity (Wildman–Crippen MR) is 63.5 cm³/mol. The summed E-state index contributed by atoms with van der Waals surface area (Å²) in [6.45, 7) is 2.97. The number of anilines is 1. The SMILES string of the molecule is Clc1nc2nc(Cl)[nH+]c(N3CCOCC3)c2[nH]1. The summed E-state index contributed by atoms with van der Waals surface area (Å²) in [6, 6.07) is 0. The van der Waals surface area contributed by atoms with Gasteiger partial charge in [0.15, 0.2) is 5.52 Å². The van der Waals surface area contributed by atoms with Gasteiger partial charge in [-0.2, -0.15) is 4.98 Å². The van der Waals surface area contributed by atoms with Crippen LogP contribution in [0.5, 0.6) is 0 Å². The smallest absolute Gasteiger partial charge is 0.334 e. The zero-order valence-corrected chi connectivity index (χ0v) is 10.3. The first kappa shape index (κ1) is 11.0. The first-order chi connectivity index (χ1) is 8.24. The maximum Gasteiger partial charge on any atom is 0.334 e. The molecule has 90 valence electrons. The number of rotatable bonds is 1. The van der Waals surface area contributed by atoms with Gasteiger partial charge in [0.1, 0.15) is 0 Å². The number of nitrogens with zero attached hydrogens (tertiary/aromatic N) is 3. The van der Waals surface area contributed by atoms with Crippen LogP contribution in [0.4, 0.5) is 5.82 Å². The van der Waals surface area contributed by atoms with Crippen molar-refractivity contribution in [1.29, 1.82) is 0 Å². The molecule has 0 radical (unpaired) electrons. The Labute approximate surface area is 107 Å². The normalized spacial score (nSPS) is 16.7. The van der Waals surface area contributed by atoms with Crippen molar-refractivity contribution in [3.63, 3.8) is 0 Å². The lowest BCUT2D eigenvalue weighted by Crippen LogP contribution is -2.39. The summed E-state index contributed by atoms with van der Waals surface area (Å²) in [5.41, 5.74) is 1.28. The highest BCUT2D eigenvalue weighted by atomic mass is 35.5. The van der Waals surface area contributed by atoms with Crippen LogP contribution in [-0.2, 0) is 4.74 Å². The lowest BCUT2D eigenvalue weighted by atomic mass is 10.4. The van der Waals surface area contributed by atoms with E-state index in [4.69, 9.17) is 27.9 Å². The van der Waals surface area contributed by atoms with Crippen LogP contribution in [0, 0.1) is 0 Å². The summed E-state index contributed by atoms with van der Waals surface area (Å²) in [4.78, 5) is 16.3. The van der Waals surface area contributed by atoms with Crippen molar-refractivity contribution < 1.29 is 9.72 Å². The molecule has 17 heavy (non-hydrogen) atoms. The Bertz CT molecular complexity index is 552. The summed E-state index contributed by atoms with van der Waals surface area (Å²) >= 11 is 11.8. The number of ether oxygens (including phenoxy) is 1. The minimum absolute atomic E-state index is 0.294. The average Bonchev–Trinajstić information content (AvgIpc) is 2.69. The molecular formula is C9H10Cl2N5O+. The van der Waals surface area contributed by atoms with Crippen LogP contribution in [0.25, 0.3) is 11.2 Å². The molecule has 0 atom stereocenters. The number of H-pyrrole nitrogens is 2. The highest BCUT2D eigenvalue weighted by Crippen LogP contribution is 2.22. The molecule has 1 fully saturated rings. The van der Waals surface area contributed by atoms with E-state index in [9.17, 15) is 0 Å². The molecule has 0 amide bonds. The van der Waals surface area contributed by atoms with Crippen molar-refractivity contribution >= 4 is 40.2 Å². The van der Waals surface area contributed by atoms with E-state index in [0.717, 1.165) is 24.4 Å². The summed E-state index contributed by atoms with van der Waals surface area (Å²) in [5, 5.41) is 0.597. The lowest BCUT2D eigenvalue weighted by molar-refractivity contribution is -0.364. The molecule has 0 unspecified atom stereocenters. The Hall–Kier alpha value is -1.11. The zero-order chi connectivity index (χ0) is 11.8. The molecule has 8 heteroatoms. The molecule has 2 N–H and O–H groups in total. The molecule has 1 aliphatic heterocycles. The van der Waals surface area contributed by atoms with E-state index in [2.05, 4.69) is 24.8 Å². The molecular weight excluding hydrogens is 265 g/mol. The maximum absolute atomic E-state index is 5.93. The van der Waals surface area contributed by atoms with Gasteiger partial charge in [-0.05, 0) is 23.2 Å². The van der Waals surface area contributed by atoms with Gasteiger partial charge in [-0.15, -0.1) is 0 Å². The summed E-state index contributed by atoms with van der Waals surface area (Å²) in [7, 11) is 0. The van der Waals surface area contributed by atoms with Crippen molar-refractivity contribution in [1.82, 2.24) is 15.0 Å². The fourth-order valence-electron chi connectivity index (χ4n) is 1.89. The fraction of sp³-hybridized carbons (Fsp3) is 0.444. The number of nitrogens with one attached hydrogen (secondary N) is 2. The van der Waals surface area contributed by atoms with E-state index >= 15 is 0 Å². The highest BCUT2D eigenvalue weighted by molar-refractivity contribution is 6.29. The Morgan fingerprint density at radius 3 is 2.76 bits per heavy atom. The van der Waals surface area contributed by atoms with Crippen LogP contribution in [0.15, 0.2) is 0 Å². The standard InChI is InChI=1S/C9H9Cl2N5O/c10-8-12-5-6(13-8)14-9(11)15-7(5)16-1-3-17-4-2-16/h1-4H2,(H,12,13,14,15)/p+1. The van der Waals surface area contributed by atoms with Crippen LogP contribution >= 0.6 is 23.2 Å². The van der Waals surface area contributed by atoms with Gasteiger partial charge in [-0.25, -0.2) is 4.98 Å². The molecule has 0 saturated carbocycles. The molecule has 0 aromatic carbocycles. The fourth-order valence-corrected chi connectivity index (χ4v) is 2.23. The largest absolute Gasteiger partial charge is 0.375 e. The molecule has 2 aromatic rings. The Kier molecular flexibility index (Phi) is 2.78. The van der Waals surface area contributed by atoms with Crippen LogP contribution in [0.3, 0.4) is 0 Å². The third-order valence-corrected chi connectivity index (χ3v) is 3.00. The van der Waals surface area contributed by atoms with E-state index in [1.54, 1.807) is 0 Å². The first-order valence-electron chi connectivity index (χ1n) is 5.21. The molecule has 0 spiro atoms. The van der Waals surface area contributed by atoms with E-state index in [-0.39, 0.29) is 0 Å². The number of halogens is 2. The van der Waals surface area contributed by atoms with Gasteiger partial charge >= 0.3 is 5.28 Å². The number of hydrogen-bond acceptors (Lipinski definition) is 4. The number of aromatic amines is 2. The number of hydrogen-bond donors (Lipinski definition) is 1. The molecule has 3 heterocycles. The average molecular weight is 275 g/mol. The molecule has 0 bridgehead atoms. The number of morpholine rings is 1. The second-order valence-electron chi connectivity index (χ2n) is 3.70. The molecule has 1 aliphatic rings. The van der Waals surface area contributed by atoms with Crippen molar-refractivity contribution in [2.24, 2.45) is 0 Å². The minimum atomic E-state index is 0.294. The second kappa shape index (κ2) is 4.29. The lowest BCUT2D eigenvalue weighted by Gasteiger charge is -2.23. The molecule has 0 aliphatic carbocycles. The van der Waals surface area contributed by atoms with E-state index in [0.29, 0.717) is 29.4 Å².